The molecule has 0 amide bonds. The molecule has 0 saturated carbocycles. The lowest BCUT2D eigenvalue weighted by Crippen LogP contribution is -2.14. The molecule has 3 N–H and O–H groups in total. The normalized spacial score (nSPS) is 11.3. The van der Waals surface area contributed by atoms with Crippen molar-refractivity contribution in [1.82, 2.24) is 0 Å². The summed E-state index contributed by atoms with van der Waals surface area (Å²) in [5, 5.41) is 11.9. The van der Waals surface area contributed by atoms with Crippen LogP contribution in [0, 0.1) is 13.8 Å². The monoisotopic (exact) mass is 286 g/mol. The van der Waals surface area contributed by atoms with Crippen LogP contribution >= 0.6 is 0 Å². The number of benzene rings is 2. The molecule has 0 heterocycles. The Balaban J connectivity index is 2.46. The molecule has 0 aliphatic rings. The number of ether oxygens (including phenoxy) is 2. The van der Waals surface area contributed by atoms with E-state index in [4.69, 9.17) is 20.4 Å². The Bertz CT molecular complexity index is 681. The second kappa shape index (κ2) is 6.17. The zero-order chi connectivity index (χ0) is 15.4. The minimum absolute atomic E-state index is 0.00363. The molecule has 0 saturated heterocycles. The molecule has 0 aromatic heterocycles. The summed E-state index contributed by atoms with van der Waals surface area (Å²) in [6.07, 6.45) is 0. The van der Waals surface area contributed by atoms with Gasteiger partial charge in [-0.2, -0.15) is 0 Å². The molecule has 2 rings (SSSR count). The minimum atomic E-state index is -0.00363. The first-order valence-electron chi connectivity index (χ1n) is 6.46. The average Bonchev–Trinajstić information content (AvgIpc) is 2.48. The van der Waals surface area contributed by atoms with Gasteiger partial charge in [0.15, 0.2) is 17.3 Å². The van der Waals surface area contributed by atoms with Crippen LogP contribution in [0.2, 0.25) is 0 Å². The summed E-state index contributed by atoms with van der Waals surface area (Å²) >= 11 is 0. The fourth-order valence-electron chi connectivity index (χ4n) is 1.96. The van der Waals surface area contributed by atoms with E-state index in [-0.39, 0.29) is 5.84 Å². The second-order valence-electron chi connectivity index (χ2n) is 4.74. The van der Waals surface area contributed by atoms with Crippen LogP contribution in [0.1, 0.15) is 16.7 Å². The summed E-state index contributed by atoms with van der Waals surface area (Å²) in [5.74, 6) is 1.70. The van der Waals surface area contributed by atoms with Crippen molar-refractivity contribution in [1.29, 1.82) is 0 Å². The van der Waals surface area contributed by atoms with Gasteiger partial charge in [-0.3, -0.25) is 0 Å². The van der Waals surface area contributed by atoms with Crippen molar-refractivity contribution in [3.8, 4) is 17.2 Å². The molecule has 0 fully saturated rings. The molecule has 2 aromatic rings. The number of aryl methyl sites for hydroxylation is 2. The number of rotatable bonds is 4. The Hall–Kier alpha value is -2.69. The van der Waals surface area contributed by atoms with Gasteiger partial charge in [0, 0.05) is 0 Å². The third-order valence-electron chi connectivity index (χ3n) is 3.06. The zero-order valence-electron chi connectivity index (χ0n) is 12.3. The highest BCUT2D eigenvalue weighted by Gasteiger charge is 2.12. The Kier molecular flexibility index (Phi) is 4.33. The van der Waals surface area contributed by atoms with Crippen LogP contribution in [0.15, 0.2) is 41.6 Å². The fraction of sp³-hybridized carbons (Fsp3) is 0.188. The van der Waals surface area contributed by atoms with Crippen LogP contribution in [0.3, 0.4) is 0 Å². The van der Waals surface area contributed by atoms with E-state index in [9.17, 15) is 0 Å². The van der Waals surface area contributed by atoms with E-state index < -0.39 is 0 Å². The summed E-state index contributed by atoms with van der Waals surface area (Å²) in [6.45, 7) is 3.91. The SMILES string of the molecule is COc1cc(C)ccc1Oc1cc(C)ccc1C(N)=NO. The number of methoxy groups -OCH3 is 1. The molecule has 0 aliphatic carbocycles. The first-order chi connectivity index (χ1) is 10.0. The number of hydrogen-bond donors (Lipinski definition) is 2. The van der Waals surface area contributed by atoms with Gasteiger partial charge in [0.05, 0.1) is 12.7 Å². The Labute approximate surface area is 123 Å². The van der Waals surface area contributed by atoms with Crippen LogP contribution in [0.5, 0.6) is 17.2 Å². The standard InChI is InChI=1S/C16H18N2O3/c1-10-4-6-12(16(17)18-19)14(8-10)21-13-7-5-11(2)9-15(13)20-3/h4-9,19H,1-3H3,(H2,17,18). The summed E-state index contributed by atoms with van der Waals surface area (Å²) in [4.78, 5) is 0. The Morgan fingerprint density at radius 2 is 1.62 bits per heavy atom. The van der Waals surface area contributed by atoms with Crippen LogP contribution in [0.4, 0.5) is 0 Å². The summed E-state index contributed by atoms with van der Waals surface area (Å²) in [7, 11) is 1.59. The molecule has 0 aliphatic heterocycles. The van der Waals surface area contributed by atoms with E-state index in [1.165, 1.54) is 0 Å². The molecule has 2 aromatic carbocycles. The van der Waals surface area contributed by atoms with Gasteiger partial charge in [0.2, 0.25) is 0 Å². The van der Waals surface area contributed by atoms with Crippen molar-refractivity contribution in [2.75, 3.05) is 7.11 Å². The van der Waals surface area contributed by atoms with E-state index >= 15 is 0 Å². The zero-order valence-corrected chi connectivity index (χ0v) is 12.3. The Morgan fingerprint density at radius 3 is 2.24 bits per heavy atom. The lowest BCUT2D eigenvalue weighted by atomic mass is 10.1. The number of nitrogens with zero attached hydrogens (tertiary/aromatic N) is 1. The first-order valence-corrected chi connectivity index (χ1v) is 6.46. The largest absolute Gasteiger partial charge is 0.493 e. The minimum Gasteiger partial charge on any atom is -0.493 e. The summed E-state index contributed by atoms with van der Waals surface area (Å²) < 4.78 is 11.2. The molecule has 0 bridgehead atoms. The highest BCUT2D eigenvalue weighted by Crippen LogP contribution is 2.34. The van der Waals surface area contributed by atoms with Gasteiger partial charge in [-0.1, -0.05) is 17.3 Å². The maximum Gasteiger partial charge on any atom is 0.173 e. The number of oxime groups is 1. The molecule has 0 atom stereocenters. The van der Waals surface area contributed by atoms with E-state index in [0.29, 0.717) is 22.8 Å². The third-order valence-corrected chi connectivity index (χ3v) is 3.06. The molecule has 21 heavy (non-hydrogen) atoms. The summed E-state index contributed by atoms with van der Waals surface area (Å²) in [6, 6.07) is 11.1. The van der Waals surface area contributed by atoms with Crippen LogP contribution in [-0.4, -0.2) is 18.2 Å². The maximum absolute atomic E-state index is 8.87. The molecule has 110 valence electrons. The van der Waals surface area contributed by atoms with Crippen molar-refractivity contribution < 1.29 is 14.7 Å². The second-order valence-corrected chi connectivity index (χ2v) is 4.74. The van der Waals surface area contributed by atoms with Crippen molar-refractivity contribution in [3.05, 3.63) is 53.1 Å². The quantitative estimate of drug-likeness (QED) is 0.391. The Morgan fingerprint density at radius 1 is 1.00 bits per heavy atom. The number of amidine groups is 1. The van der Waals surface area contributed by atoms with Crippen molar-refractivity contribution >= 4 is 5.84 Å². The molecule has 0 spiro atoms. The highest BCUT2D eigenvalue weighted by molar-refractivity contribution is 5.99. The first kappa shape index (κ1) is 14.7. The molecule has 0 unspecified atom stereocenters. The topological polar surface area (TPSA) is 77.1 Å². The van der Waals surface area contributed by atoms with Crippen LogP contribution in [-0.2, 0) is 0 Å². The van der Waals surface area contributed by atoms with E-state index in [1.807, 2.05) is 44.2 Å². The lowest BCUT2D eigenvalue weighted by Gasteiger charge is -2.14. The van der Waals surface area contributed by atoms with E-state index in [2.05, 4.69) is 5.16 Å². The molecule has 5 heteroatoms. The maximum atomic E-state index is 8.87. The van der Waals surface area contributed by atoms with E-state index in [0.717, 1.165) is 11.1 Å². The smallest absolute Gasteiger partial charge is 0.173 e. The fourth-order valence-corrected chi connectivity index (χ4v) is 1.96. The van der Waals surface area contributed by atoms with Gasteiger partial charge in [0.25, 0.3) is 0 Å². The van der Waals surface area contributed by atoms with Gasteiger partial charge in [-0.25, -0.2) is 0 Å². The van der Waals surface area contributed by atoms with Crippen LogP contribution < -0.4 is 15.2 Å². The van der Waals surface area contributed by atoms with E-state index in [1.54, 1.807) is 13.2 Å². The van der Waals surface area contributed by atoms with Crippen molar-refractivity contribution in [3.63, 3.8) is 0 Å². The molecular formula is C16H18N2O3. The van der Waals surface area contributed by atoms with Gasteiger partial charge in [0.1, 0.15) is 5.75 Å². The number of nitrogens with two attached hydrogens (primary N) is 1. The third kappa shape index (κ3) is 3.25. The van der Waals surface area contributed by atoms with Gasteiger partial charge in [-0.05, 0) is 49.2 Å². The van der Waals surface area contributed by atoms with Crippen LogP contribution in [0.25, 0.3) is 0 Å². The predicted octanol–water partition coefficient (Wildman–Crippen LogP) is 3.20. The number of hydrogen-bond acceptors (Lipinski definition) is 4. The highest BCUT2D eigenvalue weighted by atomic mass is 16.5. The average molecular weight is 286 g/mol. The van der Waals surface area contributed by atoms with Gasteiger partial charge in [-0.15, -0.1) is 0 Å². The lowest BCUT2D eigenvalue weighted by molar-refractivity contribution is 0.318. The van der Waals surface area contributed by atoms with Gasteiger partial charge < -0.3 is 20.4 Å². The molecular weight excluding hydrogens is 268 g/mol. The summed E-state index contributed by atoms with van der Waals surface area (Å²) in [5.41, 5.74) is 8.28. The molecule has 0 radical (unpaired) electrons. The van der Waals surface area contributed by atoms with Crippen molar-refractivity contribution in [2.24, 2.45) is 10.9 Å². The predicted molar refractivity (Wildman–Crippen MR) is 81.5 cm³/mol. The van der Waals surface area contributed by atoms with Gasteiger partial charge >= 0.3 is 0 Å². The molecule has 5 nitrogen and oxygen atoms in total. The van der Waals surface area contributed by atoms with Crippen molar-refractivity contribution in [2.45, 2.75) is 13.8 Å².